The second kappa shape index (κ2) is 2.33. The minimum atomic E-state index is 0.294. The van der Waals surface area contributed by atoms with E-state index in [1.807, 2.05) is 0 Å². The zero-order valence-corrected chi connectivity index (χ0v) is 6.55. The Morgan fingerprint density at radius 1 is 1.27 bits per heavy atom. The van der Waals surface area contributed by atoms with Crippen molar-refractivity contribution in [2.75, 3.05) is 0 Å². The van der Waals surface area contributed by atoms with Crippen molar-refractivity contribution >= 4 is 5.78 Å². The third kappa shape index (κ3) is 1.15. The molecule has 0 atom stereocenters. The maximum Gasteiger partial charge on any atom is 0.155 e. The molecule has 0 N–H and O–H groups in total. The van der Waals surface area contributed by atoms with Gasteiger partial charge in [0.1, 0.15) is 0 Å². The lowest BCUT2D eigenvalue weighted by Gasteiger charge is -2.27. The SMILES string of the molecule is O=C1C=CC2(CC=CC2)CC1. The highest BCUT2D eigenvalue weighted by Crippen LogP contribution is 2.41. The number of carbonyl (C=O) groups excluding carboxylic acids is 1. The molecule has 0 saturated carbocycles. The third-order valence-electron chi connectivity index (χ3n) is 2.71. The molecule has 0 bridgehead atoms. The van der Waals surface area contributed by atoms with E-state index in [2.05, 4.69) is 18.2 Å². The van der Waals surface area contributed by atoms with Crippen molar-refractivity contribution in [1.29, 1.82) is 0 Å². The van der Waals surface area contributed by atoms with E-state index in [4.69, 9.17) is 0 Å². The molecular weight excluding hydrogens is 136 g/mol. The lowest BCUT2D eigenvalue weighted by Crippen LogP contribution is -2.19. The fourth-order valence-electron chi connectivity index (χ4n) is 1.87. The maximum absolute atomic E-state index is 10.9. The topological polar surface area (TPSA) is 17.1 Å². The second-order valence-electron chi connectivity index (χ2n) is 3.54. The van der Waals surface area contributed by atoms with E-state index in [9.17, 15) is 4.79 Å². The molecule has 0 aromatic rings. The van der Waals surface area contributed by atoms with E-state index in [1.165, 1.54) is 0 Å². The minimum Gasteiger partial charge on any atom is -0.295 e. The number of carbonyl (C=O) groups is 1. The molecule has 2 aliphatic carbocycles. The van der Waals surface area contributed by atoms with Crippen LogP contribution in [0.3, 0.4) is 0 Å². The lowest BCUT2D eigenvalue weighted by molar-refractivity contribution is -0.115. The Morgan fingerprint density at radius 2 is 2.00 bits per heavy atom. The van der Waals surface area contributed by atoms with Gasteiger partial charge in [0.05, 0.1) is 0 Å². The quantitative estimate of drug-likeness (QED) is 0.481. The molecule has 0 aromatic carbocycles. The van der Waals surface area contributed by atoms with Crippen LogP contribution in [-0.4, -0.2) is 5.78 Å². The Hall–Kier alpha value is -0.850. The highest BCUT2D eigenvalue weighted by Gasteiger charge is 2.30. The fourth-order valence-corrected chi connectivity index (χ4v) is 1.87. The molecule has 2 rings (SSSR count). The predicted octanol–water partition coefficient (Wildman–Crippen LogP) is 2.24. The van der Waals surface area contributed by atoms with E-state index in [1.54, 1.807) is 6.08 Å². The molecule has 1 nitrogen and oxygen atoms in total. The summed E-state index contributed by atoms with van der Waals surface area (Å²) in [5.41, 5.74) is 0.341. The lowest BCUT2D eigenvalue weighted by atomic mass is 9.77. The summed E-state index contributed by atoms with van der Waals surface area (Å²) in [4.78, 5) is 10.9. The number of hydrogen-bond donors (Lipinski definition) is 0. The predicted molar refractivity (Wildman–Crippen MR) is 44.2 cm³/mol. The van der Waals surface area contributed by atoms with Gasteiger partial charge in [-0.3, -0.25) is 4.79 Å². The third-order valence-corrected chi connectivity index (χ3v) is 2.71. The largest absolute Gasteiger partial charge is 0.295 e. The first-order chi connectivity index (χ1) is 5.31. The standard InChI is InChI=1S/C10H12O/c11-9-3-7-10(8-4-9)5-1-2-6-10/h1-3,7H,4-6,8H2. The number of ketones is 1. The molecule has 58 valence electrons. The Bertz CT molecular complexity index is 227. The zero-order valence-electron chi connectivity index (χ0n) is 6.55. The van der Waals surface area contributed by atoms with E-state index in [-0.39, 0.29) is 0 Å². The number of allylic oxidation sites excluding steroid dienone is 4. The van der Waals surface area contributed by atoms with Crippen LogP contribution in [0.4, 0.5) is 0 Å². The van der Waals surface area contributed by atoms with Gasteiger partial charge in [0.15, 0.2) is 5.78 Å². The smallest absolute Gasteiger partial charge is 0.155 e. The summed E-state index contributed by atoms with van der Waals surface area (Å²) >= 11 is 0. The van der Waals surface area contributed by atoms with Gasteiger partial charge in [0.2, 0.25) is 0 Å². The van der Waals surface area contributed by atoms with Crippen LogP contribution in [0.2, 0.25) is 0 Å². The van der Waals surface area contributed by atoms with Gasteiger partial charge in [-0.1, -0.05) is 18.2 Å². The monoisotopic (exact) mass is 148 g/mol. The first-order valence-electron chi connectivity index (χ1n) is 4.18. The molecule has 11 heavy (non-hydrogen) atoms. The maximum atomic E-state index is 10.9. The van der Waals surface area contributed by atoms with E-state index in [0.29, 0.717) is 11.2 Å². The average molecular weight is 148 g/mol. The molecule has 0 saturated heterocycles. The summed E-state index contributed by atoms with van der Waals surface area (Å²) < 4.78 is 0. The highest BCUT2D eigenvalue weighted by molar-refractivity contribution is 5.90. The normalized spacial score (nSPS) is 26.7. The van der Waals surface area contributed by atoms with Crippen LogP contribution in [-0.2, 0) is 4.79 Å². The molecule has 1 spiro atoms. The molecule has 0 unspecified atom stereocenters. The van der Waals surface area contributed by atoms with Gasteiger partial charge in [-0.2, -0.15) is 0 Å². The molecular formula is C10H12O. The van der Waals surface area contributed by atoms with Crippen LogP contribution in [0, 0.1) is 5.41 Å². The summed E-state index contributed by atoms with van der Waals surface area (Å²) in [6, 6.07) is 0. The average Bonchev–Trinajstić information content (AvgIpc) is 2.45. The molecule has 1 heteroatoms. The van der Waals surface area contributed by atoms with Gasteiger partial charge in [0.25, 0.3) is 0 Å². The van der Waals surface area contributed by atoms with Crippen LogP contribution in [0.15, 0.2) is 24.3 Å². The first kappa shape index (κ1) is 6.84. The van der Waals surface area contributed by atoms with Crippen molar-refractivity contribution in [1.82, 2.24) is 0 Å². The van der Waals surface area contributed by atoms with Crippen molar-refractivity contribution in [3.05, 3.63) is 24.3 Å². The van der Waals surface area contributed by atoms with Crippen molar-refractivity contribution < 1.29 is 4.79 Å². The van der Waals surface area contributed by atoms with E-state index in [0.717, 1.165) is 25.7 Å². The van der Waals surface area contributed by atoms with E-state index < -0.39 is 0 Å². The molecule has 2 aliphatic rings. The van der Waals surface area contributed by atoms with Crippen LogP contribution in [0.5, 0.6) is 0 Å². The minimum absolute atomic E-state index is 0.294. The Morgan fingerprint density at radius 3 is 2.55 bits per heavy atom. The number of rotatable bonds is 0. The van der Waals surface area contributed by atoms with Crippen molar-refractivity contribution in [3.63, 3.8) is 0 Å². The van der Waals surface area contributed by atoms with Crippen molar-refractivity contribution in [2.45, 2.75) is 25.7 Å². The summed E-state index contributed by atoms with van der Waals surface area (Å²) in [5.74, 6) is 0.294. The molecule has 0 fully saturated rings. The van der Waals surface area contributed by atoms with Crippen LogP contribution >= 0.6 is 0 Å². The molecule has 0 aliphatic heterocycles. The van der Waals surface area contributed by atoms with Crippen LogP contribution < -0.4 is 0 Å². The van der Waals surface area contributed by atoms with Gasteiger partial charge < -0.3 is 0 Å². The summed E-state index contributed by atoms with van der Waals surface area (Å²) in [6.45, 7) is 0. The summed E-state index contributed by atoms with van der Waals surface area (Å²) in [6.07, 6.45) is 12.4. The van der Waals surface area contributed by atoms with Crippen molar-refractivity contribution in [3.8, 4) is 0 Å². The Kier molecular flexibility index (Phi) is 1.45. The van der Waals surface area contributed by atoms with Gasteiger partial charge >= 0.3 is 0 Å². The summed E-state index contributed by atoms with van der Waals surface area (Å²) in [5, 5.41) is 0. The van der Waals surface area contributed by atoms with Crippen LogP contribution in [0.1, 0.15) is 25.7 Å². The van der Waals surface area contributed by atoms with Gasteiger partial charge in [-0.15, -0.1) is 0 Å². The van der Waals surface area contributed by atoms with Crippen molar-refractivity contribution in [2.24, 2.45) is 5.41 Å². The molecule has 0 heterocycles. The molecule has 0 amide bonds. The first-order valence-corrected chi connectivity index (χ1v) is 4.18. The Labute approximate surface area is 66.8 Å². The Balaban J connectivity index is 2.17. The fraction of sp³-hybridized carbons (Fsp3) is 0.500. The van der Waals surface area contributed by atoms with E-state index >= 15 is 0 Å². The summed E-state index contributed by atoms with van der Waals surface area (Å²) in [7, 11) is 0. The van der Waals surface area contributed by atoms with Gasteiger partial charge in [0, 0.05) is 6.42 Å². The van der Waals surface area contributed by atoms with Gasteiger partial charge in [-0.25, -0.2) is 0 Å². The van der Waals surface area contributed by atoms with Crippen LogP contribution in [0.25, 0.3) is 0 Å². The number of hydrogen-bond acceptors (Lipinski definition) is 1. The van der Waals surface area contributed by atoms with Gasteiger partial charge in [-0.05, 0) is 30.8 Å². The second-order valence-corrected chi connectivity index (χ2v) is 3.54. The molecule has 0 aromatic heterocycles. The highest BCUT2D eigenvalue weighted by atomic mass is 16.1. The zero-order chi connectivity index (χ0) is 7.73. The molecule has 0 radical (unpaired) electrons.